The fraction of sp³-hybridized carbons (Fsp3) is 0.273. The van der Waals surface area contributed by atoms with Crippen molar-refractivity contribution in [3.8, 4) is 11.5 Å². The van der Waals surface area contributed by atoms with E-state index in [9.17, 15) is 9.59 Å². The van der Waals surface area contributed by atoms with E-state index in [-0.39, 0.29) is 12.5 Å². The molecule has 0 saturated heterocycles. The quantitative estimate of drug-likeness (QED) is 0.531. The van der Waals surface area contributed by atoms with Gasteiger partial charge in [-0.2, -0.15) is 0 Å². The minimum Gasteiger partial charge on any atom is -0.496 e. The van der Waals surface area contributed by atoms with Crippen molar-refractivity contribution in [2.75, 3.05) is 13.7 Å². The first-order chi connectivity index (χ1) is 13.5. The van der Waals surface area contributed by atoms with E-state index in [4.69, 9.17) is 14.2 Å². The summed E-state index contributed by atoms with van der Waals surface area (Å²) >= 11 is 0. The maximum Gasteiger partial charge on any atom is 0.331 e. The second kappa shape index (κ2) is 10.8. The Kier molecular flexibility index (Phi) is 8.09. The molecule has 1 atom stereocenters. The summed E-state index contributed by atoms with van der Waals surface area (Å²) in [6, 6.07) is 14.7. The number of para-hydroxylation sites is 1. The Morgan fingerprint density at radius 2 is 1.82 bits per heavy atom. The molecule has 0 aliphatic carbocycles. The number of hydrogen-bond acceptors (Lipinski definition) is 5. The zero-order valence-electron chi connectivity index (χ0n) is 16.3. The molecule has 2 aromatic carbocycles. The third-order valence-corrected chi connectivity index (χ3v) is 3.91. The summed E-state index contributed by atoms with van der Waals surface area (Å²) < 4.78 is 15.8. The minimum absolute atomic E-state index is 0.284. The molecule has 0 unspecified atom stereocenters. The molecular weight excluding hydrogens is 358 g/mol. The highest BCUT2D eigenvalue weighted by Gasteiger charge is 2.16. The first-order valence-electron chi connectivity index (χ1n) is 9.04. The summed E-state index contributed by atoms with van der Waals surface area (Å²) in [5, 5.41) is 2.74. The Hall–Kier alpha value is -3.28. The molecule has 148 valence electrons. The molecule has 2 aromatic rings. The van der Waals surface area contributed by atoms with Crippen LogP contribution in [0.2, 0.25) is 0 Å². The standard InChI is InChI=1S/C22H25NO5/c1-4-27-19-12-9-17(10-13-19)11-14-21(24)28-16(2)22(25)23-15-18-7-5-6-8-20(18)26-3/h5-14,16H,4,15H2,1-3H3,(H,23,25)/b14-11+/t16-/m0/s1. The molecule has 0 aliphatic rings. The number of methoxy groups -OCH3 is 1. The third-order valence-electron chi connectivity index (χ3n) is 3.91. The molecule has 0 saturated carbocycles. The van der Waals surface area contributed by atoms with Crippen LogP contribution >= 0.6 is 0 Å². The lowest BCUT2D eigenvalue weighted by Gasteiger charge is -2.13. The zero-order chi connectivity index (χ0) is 20.4. The highest BCUT2D eigenvalue weighted by Crippen LogP contribution is 2.17. The van der Waals surface area contributed by atoms with Gasteiger partial charge in [0.1, 0.15) is 11.5 Å². The van der Waals surface area contributed by atoms with Gasteiger partial charge >= 0.3 is 5.97 Å². The highest BCUT2D eigenvalue weighted by atomic mass is 16.5. The number of esters is 1. The van der Waals surface area contributed by atoms with Gasteiger partial charge in [0.15, 0.2) is 6.10 Å². The SMILES string of the molecule is CCOc1ccc(/C=C/C(=O)O[C@@H](C)C(=O)NCc2ccccc2OC)cc1. The largest absolute Gasteiger partial charge is 0.496 e. The molecule has 0 spiro atoms. The van der Waals surface area contributed by atoms with Crippen molar-refractivity contribution in [3.63, 3.8) is 0 Å². The van der Waals surface area contributed by atoms with Gasteiger partial charge in [-0.15, -0.1) is 0 Å². The van der Waals surface area contributed by atoms with Gasteiger partial charge in [-0.1, -0.05) is 30.3 Å². The Morgan fingerprint density at radius 1 is 1.11 bits per heavy atom. The van der Waals surface area contributed by atoms with Crippen molar-refractivity contribution in [2.24, 2.45) is 0 Å². The molecule has 0 fully saturated rings. The van der Waals surface area contributed by atoms with E-state index < -0.39 is 12.1 Å². The van der Waals surface area contributed by atoms with Crippen LogP contribution in [-0.4, -0.2) is 31.7 Å². The fourth-order valence-electron chi connectivity index (χ4n) is 2.45. The van der Waals surface area contributed by atoms with E-state index in [0.717, 1.165) is 16.9 Å². The normalized spacial score (nSPS) is 11.7. The molecule has 0 heterocycles. The number of nitrogens with one attached hydrogen (secondary N) is 1. The molecular formula is C22H25NO5. The number of carbonyl (C=O) groups excluding carboxylic acids is 2. The number of rotatable bonds is 9. The van der Waals surface area contributed by atoms with Gasteiger partial charge < -0.3 is 19.5 Å². The summed E-state index contributed by atoms with van der Waals surface area (Å²) in [5.41, 5.74) is 1.67. The van der Waals surface area contributed by atoms with Crippen LogP contribution in [0.25, 0.3) is 6.08 Å². The van der Waals surface area contributed by atoms with E-state index in [1.807, 2.05) is 55.5 Å². The number of benzene rings is 2. The second-order valence-corrected chi connectivity index (χ2v) is 5.94. The van der Waals surface area contributed by atoms with Crippen LogP contribution in [0, 0.1) is 0 Å². The van der Waals surface area contributed by atoms with Crippen LogP contribution in [-0.2, 0) is 20.9 Å². The molecule has 0 bridgehead atoms. The molecule has 1 N–H and O–H groups in total. The van der Waals surface area contributed by atoms with Crippen LogP contribution < -0.4 is 14.8 Å². The molecule has 6 heteroatoms. The summed E-state index contributed by atoms with van der Waals surface area (Å²) in [7, 11) is 1.57. The van der Waals surface area contributed by atoms with Gasteiger partial charge in [0.2, 0.25) is 0 Å². The maximum atomic E-state index is 12.2. The van der Waals surface area contributed by atoms with Crippen LogP contribution in [0.3, 0.4) is 0 Å². The van der Waals surface area contributed by atoms with Gasteiger partial charge in [0.05, 0.1) is 13.7 Å². The van der Waals surface area contributed by atoms with Crippen molar-refractivity contribution >= 4 is 18.0 Å². The van der Waals surface area contributed by atoms with Crippen molar-refractivity contribution in [1.82, 2.24) is 5.32 Å². The minimum atomic E-state index is -0.910. The predicted octanol–water partition coefficient (Wildman–Crippen LogP) is 3.36. The number of hydrogen-bond donors (Lipinski definition) is 1. The number of ether oxygens (including phenoxy) is 3. The van der Waals surface area contributed by atoms with Gasteiger partial charge in [-0.25, -0.2) is 4.79 Å². The molecule has 28 heavy (non-hydrogen) atoms. The fourth-order valence-corrected chi connectivity index (χ4v) is 2.45. The van der Waals surface area contributed by atoms with E-state index in [1.54, 1.807) is 13.2 Å². The molecule has 2 rings (SSSR count). The van der Waals surface area contributed by atoms with Gasteiger partial charge in [0, 0.05) is 18.2 Å². The lowest BCUT2D eigenvalue weighted by molar-refractivity contribution is -0.150. The molecule has 0 aliphatic heterocycles. The Morgan fingerprint density at radius 3 is 2.50 bits per heavy atom. The topological polar surface area (TPSA) is 73.9 Å². The van der Waals surface area contributed by atoms with E-state index >= 15 is 0 Å². The lowest BCUT2D eigenvalue weighted by Crippen LogP contribution is -2.35. The Labute approximate surface area is 165 Å². The average Bonchev–Trinajstić information content (AvgIpc) is 2.71. The van der Waals surface area contributed by atoms with Crippen molar-refractivity contribution < 1.29 is 23.8 Å². The van der Waals surface area contributed by atoms with Crippen LogP contribution in [0.5, 0.6) is 11.5 Å². The van der Waals surface area contributed by atoms with E-state index in [0.29, 0.717) is 12.4 Å². The number of amides is 1. The Bertz CT molecular complexity index is 814. The molecule has 0 radical (unpaired) electrons. The maximum absolute atomic E-state index is 12.2. The smallest absolute Gasteiger partial charge is 0.331 e. The molecule has 1 amide bonds. The predicted molar refractivity (Wildman–Crippen MR) is 107 cm³/mol. The summed E-state index contributed by atoms with van der Waals surface area (Å²) in [6.45, 7) is 4.32. The first-order valence-corrected chi connectivity index (χ1v) is 9.04. The van der Waals surface area contributed by atoms with Gasteiger partial charge in [-0.05, 0) is 43.7 Å². The van der Waals surface area contributed by atoms with E-state index in [1.165, 1.54) is 13.0 Å². The molecule has 0 aromatic heterocycles. The second-order valence-electron chi connectivity index (χ2n) is 5.94. The van der Waals surface area contributed by atoms with Crippen molar-refractivity contribution in [3.05, 3.63) is 65.7 Å². The number of carbonyl (C=O) groups is 2. The highest BCUT2D eigenvalue weighted by molar-refractivity contribution is 5.90. The van der Waals surface area contributed by atoms with E-state index in [2.05, 4.69) is 5.32 Å². The van der Waals surface area contributed by atoms with Crippen molar-refractivity contribution in [1.29, 1.82) is 0 Å². The van der Waals surface area contributed by atoms with Crippen LogP contribution in [0.1, 0.15) is 25.0 Å². The Balaban J connectivity index is 1.82. The molecule has 6 nitrogen and oxygen atoms in total. The van der Waals surface area contributed by atoms with Crippen molar-refractivity contribution in [2.45, 2.75) is 26.5 Å². The summed E-state index contributed by atoms with van der Waals surface area (Å²) in [5.74, 6) is 0.482. The summed E-state index contributed by atoms with van der Waals surface area (Å²) in [6.07, 6.45) is 2.00. The van der Waals surface area contributed by atoms with Crippen LogP contribution in [0.4, 0.5) is 0 Å². The van der Waals surface area contributed by atoms with Crippen LogP contribution in [0.15, 0.2) is 54.6 Å². The van der Waals surface area contributed by atoms with Gasteiger partial charge in [0.25, 0.3) is 5.91 Å². The monoisotopic (exact) mass is 383 g/mol. The zero-order valence-corrected chi connectivity index (χ0v) is 16.3. The third kappa shape index (κ3) is 6.46. The first kappa shape index (κ1) is 21.0. The average molecular weight is 383 g/mol. The van der Waals surface area contributed by atoms with Gasteiger partial charge in [-0.3, -0.25) is 4.79 Å². The summed E-state index contributed by atoms with van der Waals surface area (Å²) in [4.78, 5) is 24.1. The lowest BCUT2D eigenvalue weighted by atomic mass is 10.2.